The van der Waals surface area contributed by atoms with Crippen LogP contribution < -0.4 is 5.32 Å². The monoisotopic (exact) mass is 372 g/mol. The van der Waals surface area contributed by atoms with Crippen LogP contribution in [0.5, 0.6) is 0 Å². The lowest BCUT2D eigenvalue weighted by Gasteiger charge is -2.36. The summed E-state index contributed by atoms with van der Waals surface area (Å²) in [6, 6.07) is 8.45. The molecule has 1 fully saturated rings. The van der Waals surface area contributed by atoms with E-state index in [1.165, 1.54) is 6.07 Å². The minimum absolute atomic E-state index is 0.132. The highest BCUT2D eigenvalue weighted by Crippen LogP contribution is 2.36. The van der Waals surface area contributed by atoms with E-state index in [1.54, 1.807) is 25.4 Å². The molecule has 1 atom stereocenters. The van der Waals surface area contributed by atoms with Crippen LogP contribution in [0.1, 0.15) is 25.3 Å². The molecule has 2 heterocycles. The van der Waals surface area contributed by atoms with Crippen LogP contribution in [-0.4, -0.2) is 41.9 Å². The van der Waals surface area contributed by atoms with Gasteiger partial charge < -0.3 is 15.2 Å². The molecule has 0 saturated carbocycles. The van der Waals surface area contributed by atoms with E-state index in [4.69, 9.17) is 4.74 Å². The number of aliphatic hydroxyl groups is 1. The lowest BCUT2D eigenvalue weighted by Crippen LogP contribution is -2.49. The zero-order valence-corrected chi connectivity index (χ0v) is 15.5. The van der Waals surface area contributed by atoms with Crippen molar-refractivity contribution in [1.82, 2.24) is 10.3 Å². The minimum Gasteiger partial charge on any atom is -0.394 e. The van der Waals surface area contributed by atoms with Crippen LogP contribution in [-0.2, 0) is 16.0 Å². The van der Waals surface area contributed by atoms with Gasteiger partial charge in [0, 0.05) is 37.2 Å². The van der Waals surface area contributed by atoms with E-state index in [1.807, 2.05) is 18.2 Å². The predicted octanol–water partition coefficient (Wildman–Crippen LogP) is 2.72. The molecule has 144 valence electrons. The van der Waals surface area contributed by atoms with E-state index < -0.39 is 5.41 Å². The maximum Gasteiger partial charge on any atom is 0.227 e. The summed E-state index contributed by atoms with van der Waals surface area (Å²) in [5, 5.41) is 12.1. The van der Waals surface area contributed by atoms with Crippen molar-refractivity contribution in [3.05, 3.63) is 54.1 Å². The fourth-order valence-electron chi connectivity index (χ4n) is 3.44. The lowest BCUT2D eigenvalue weighted by molar-refractivity contribution is -0.137. The number of amides is 1. The maximum absolute atomic E-state index is 14.8. The van der Waals surface area contributed by atoms with Gasteiger partial charge in [-0.05, 0) is 49.4 Å². The van der Waals surface area contributed by atoms with E-state index in [9.17, 15) is 14.3 Å². The van der Waals surface area contributed by atoms with Crippen LogP contribution in [0.2, 0.25) is 0 Å². The Hall–Kier alpha value is -2.31. The van der Waals surface area contributed by atoms with Gasteiger partial charge in [-0.3, -0.25) is 9.78 Å². The Morgan fingerprint density at radius 1 is 1.33 bits per heavy atom. The Kier molecular flexibility index (Phi) is 6.19. The van der Waals surface area contributed by atoms with Crippen molar-refractivity contribution in [3.63, 3.8) is 0 Å². The zero-order valence-electron chi connectivity index (χ0n) is 15.5. The summed E-state index contributed by atoms with van der Waals surface area (Å²) in [7, 11) is 0. The number of aliphatic hydroxyl groups excluding tert-OH is 1. The smallest absolute Gasteiger partial charge is 0.227 e. The summed E-state index contributed by atoms with van der Waals surface area (Å²) >= 11 is 0. The van der Waals surface area contributed by atoms with Crippen LogP contribution in [0.15, 0.2) is 42.7 Å². The second-order valence-electron chi connectivity index (χ2n) is 7.17. The Morgan fingerprint density at radius 2 is 2.11 bits per heavy atom. The van der Waals surface area contributed by atoms with Gasteiger partial charge in [0.1, 0.15) is 5.82 Å². The molecule has 0 spiro atoms. The molecule has 1 aromatic heterocycles. The molecular weight excluding hydrogens is 347 g/mol. The highest BCUT2D eigenvalue weighted by molar-refractivity contribution is 5.83. The van der Waals surface area contributed by atoms with Crippen LogP contribution in [0.3, 0.4) is 0 Å². The van der Waals surface area contributed by atoms with Crippen molar-refractivity contribution >= 4 is 5.91 Å². The number of nitrogens with zero attached hydrogens (tertiary/aromatic N) is 1. The van der Waals surface area contributed by atoms with Crippen molar-refractivity contribution in [2.24, 2.45) is 5.41 Å². The van der Waals surface area contributed by atoms with Crippen molar-refractivity contribution in [2.45, 2.75) is 32.2 Å². The summed E-state index contributed by atoms with van der Waals surface area (Å²) in [5.74, 6) is -0.478. The van der Waals surface area contributed by atoms with E-state index in [0.29, 0.717) is 38.0 Å². The van der Waals surface area contributed by atoms with Crippen LogP contribution >= 0.6 is 0 Å². The lowest BCUT2D eigenvalue weighted by atomic mass is 9.74. The summed E-state index contributed by atoms with van der Waals surface area (Å²) in [5.41, 5.74) is 1.39. The molecule has 0 unspecified atom stereocenters. The molecule has 3 rings (SSSR count). The summed E-state index contributed by atoms with van der Waals surface area (Å²) in [4.78, 5) is 17.0. The number of benzene rings is 1. The van der Waals surface area contributed by atoms with Gasteiger partial charge in [0.15, 0.2) is 0 Å². The summed E-state index contributed by atoms with van der Waals surface area (Å²) < 4.78 is 20.3. The quantitative estimate of drug-likeness (QED) is 0.818. The fourth-order valence-corrected chi connectivity index (χ4v) is 3.44. The second kappa shape index (κ2) is 8.59. The number of carbonyl (C=O) groups is 1. The van der Waals surface area contributed by atoms with Crippen LogP contribution in [0.25, 0.3) is 11.1 Å². The van der Waals surface area contributed by atoms with Gasteiger partial charge in [-0.2, -0.15) is 0 Å². The number of nitrogens with one attached hydrogen (secondary N) is 1. The van der Waals surface area contributed by atoms with Gasteiger partial charge in [0.25, 0.3) is 0 Å². The standard InChI is InChI=1S/C21H25FN2O3/c1-15(14-25)24-20(26)21(6-9-27-10-7-21)12-17-5-4-16(11-19(17)22)18-3-2-8-23-13-18/h2-5,8,11,13,15,25H,6-7,9-10,12,14H2,1H3,(H,24,26)/t15-/m1/s1. The van der Waals surface area contributed by atoms with Gasteiger partial charge in [-0.1, -0.05) is 18.2 Å². The van der Waals surface area contributed by atoms with Crippen molar-refractivity contribution < 1.29 is 19.0 Å². The molecular formula is C21H25FN2O3. The molecule has 5 nitrogen and oxygen atoms in total. The largest absolute Gasteiger partial charge is 0.394 e. The Morgan fingerprint density at radius 3 is 2.74 bits per heavy atom. The third-order valence-corrected chi connectivity index (χ3v) is 5.16. The molecule has 27 heavy (non-hydrogen) atoms. The first-order valence-electron chi connectivity index (χ1n) is 9.22. The molecule has 1 aromatic carbocycles. The summed E-state index contributed by atoms with van der Waals surface area (Å²) in [6.45, 7) is 2.55. The normalized spacial score (nSPS) is 17.3. The summed E-state index contributed by atoms with van der Waals surface area (Å²) in [6.07, 6.45) is 4.73. The maximum atomic E-state index is 14.8. The second-order valence-corrected chi connectivity index (χ2v) is 7.17. The van der Waals surface area contributed by atoms with Gasteiger partial charge >= 0.3 is 0 Å². The van der Waals surface area contributed by atoms with E-state index in [-0.39, 0.29) is 24.4 Å². The van der Waals surface area contributed by atoms with Gasteiger partial charge in [0.2, 0.25) is 5.91 Å². The molecule has 1 aliphatic rings. The molecule has 1 amide bonds. The molecule has 0 aliphatic carbocycles. The number of pyridine rings is 1. The molecule has 0 bridgehead atoms. The minimum atomic E-state index is -0.724. The fraction of sp³-hybridized carbons (Fsp3) is 0.429. The van der Waals surface area contributed by atoms with Crippen LogP contribution in [0.4, 0.5) is 4.39 Å². The van der Waals surface area contributed by atoms with Gasteiger partial charge in [0.05, 0.1) is 12.0 Å². The zero-order chi connectivity index (χ0) is 19.3. The number of hydrogen-bond donors (Lipinski definition) is 2. The number of ether oxygens (including phenoxy) is 1. The number of rotatable bonds is 6. The first-order chi connectivity index (χ1) is 13.0. The average molecular weight is 372 g/mol. The third kappa shape index (κ3) is 4.51. The number of hydrogen-bond acceptors (Lipinski definition) is 4. The number of carbonyl (C=O) groups excluding carboxylic acids is 1. The average Bonchev–Trinajstić information content (AvgIpc) is 2.70. The van der Waals surface area contributed by atoms with E-state index in [2.05, 4.69) is 10.3 Å². The first-order valence-corrected chi connectivity index (χ1v) is 9.22. The predicted molar refractivity (Wildman–Crippen MR) is 101 cm³/mol. The molecule has 2 N–H and O–H groups in total. The van der Waals surface area contributed by atoms with Gasteiger partial charge in [-0.25, -0.2) is 4.39 Å². The Labute approximate surface area is 158 Å². The molecule has 6 heteroatoms. The van der Waals surface area contributed by atoms with Crippen LogP contribution in [0, 0.1) is 11.2 Å². The molecule has 2 aromatic rings. The molecule has 1 aliphatic heterocycles. The van der Waals surface area contributed by atoms with Crippen molar-refractivity contribution in [3.8, 4) is 11.1 Å². The van der Waals surface area contributed by atoms with Gasteiger partial charge in [-0.15, -0.1) is 0 Å². The van der Waals surface area contributed by atoms with Crippen molar-refractivity contribution in [2.75, 3.05) is 19.8 Å². The SMILES string of the molecule is C[C@H](CO)NC(=O)C1(Cc2ccc(-c3cccnc3)cc2F)CCOCC1. The third-order valence-electron chi connectivity index (χ3n) is 5.16. The highest BCUT2D eigenvalue weighted by Gasteiger charge is 2.41. The first kappa shape index (κ1) is 19.5. The molecule has 0 radical (unpaired) electrons. The van der Waals surface area contributed by atoms with E-state index >= 15 is 0 Å². The van der Waals surface area contributed by atoms with Crippen molar-refractivity contribution in [1.29, 1.82) is 0 Å². The number of halogens is 1. The molecule has 1 saturated heterocycles. The topological polar surface area (TPSA) is 71.5 Å². The Bertz CT molecular complexity index is 776. The number of aromatic nitrogens is 1. The van der Waals surface area contributed by atoms with E-state index in [0.717, 1.165) is 11.1 Å². The highest BCUT2D eigenvalue weighted by atomic mass is 19.1. The Balaban J connectivity index is 1.84.